The van der Waals surface area contributed by atoms with E-state index >= 15 is 0 Å². The van der Waals surface area contributed by atoms with Crippen LogP contribution in [0.5, 0.6) is 0 Å². The Hall–Kier alpha value is -0.930. The lowest BCUT2D eigenvalue weighted by Gasteiger charge is -2.22. The minimum Gasteiger partial charge on any atom is -0.390 e. The Bertz CT molecular complexity index is 329. The second-order valence-electron chi connectivity index (χ2n) is 3.91. The Kier molecular flexibility index (Phi) is 6.16. The quantitative estimate of drug-likeness (QED) is 0.736. The van der Waals surface area contributed by atoms with Gasteiger partial charge in [-0.2, -0.15) is 0 Å². The molecule has 0 bridgehead atoms. The zero-order chi connectivity index (χ0) is 12.7. The van der Waals surface area contributed by atoms with Crippen LogP contribution >= 0.6 is 11.6 Å². The number of alkyl halides is 1. The van der Waals surface area contributed by atoms with Crippen LogP contribution in [0.15, 0.2) is 24.3 Å². The fraction of sp³-hybridized carbons (Fsp3) is 0.538. The fourth-order valence-corrected chi connectivity index (χ4v) is 1.80. The summed E-state index contributed by atoms with van der Waals surface area (Å²) in [5, 5.41) is 12.6. The van der Waals surface area contributed by atoms with E-state index in [2.05, 4.69) is 36.2 Å². The highest BCUT2D eigenvalue weighted by Gasteiger charge is 2.04. The van der Waals surface area contributed by atoms with Crippen molar-refractivity contribution >= 4 is 23.0 Å². The monoisotopic (exact) mass is 256 g/mol. The first-order valence-corrected chi connectivity index (χ1v) is 6.57. The highest BCUT2D eigenvalue weighted by Crippen LogP contribution is 2.19. The minimum absolute atomic E-state index is 0.253. The molecule has 0 aromatic heterocycles. The molecule has 1 unspecified atom stereocenters. The first kappa shape index (κ1) is 14.1. The van der Waals surface area contributed by atoms with Crippen molar-refractivity contribution < 1.29 is 5.11 Å². The van der Waals surface area contributed by atoms with Crippen molar-refractivity contribution in [3.05, 3.63) is 24.3 Å². The fourth-order valence-electron chi connectivity index (χ4n) is 1.69. The smallest absolute Gasteiger partial charge is 0.0847 e. The van der Waals surface area contributed by atoms with Crippen molar-refractivity contribution in [3.63, 3.8) is 0 Å². The summed E-state index contributed by atoms with van der Waals surface area (Å²) >= 11 is 5.55. The summed E-state index contributed by atoms with van der Waals surface area (Å²) < 4.78 is 0. The Morgan fingerprint density at radius 2 is 2.06 bits per heavy atom. The van der Waals surface area contributed by atoms with Gasteiger partial charge in [0.25, 0.3) is 0 Å². The molecule has 3 nitrogen and oxygen atoms in total. The van der Waals surface area contributed by atoms with Gasteiger partial charge in [0, 0.05) is 31.0 Å². The van der Waals surface area contributed by atoms with Crippen LogP contribution < -0.4 is 10.2 Å². The lowest BCUT2D eigenvalue weighted by atomic mass is 10.2. The van der Waals surface area contributed by atoms with Crippen LogP contribution in [0.25, 0.3) is 0 Å². The van der Waals surface area contributed by atoms with E-state index in [1.807, 2.05) is 12.1 Å². The van der Waals surface area contributed by atoms with Crippen molar-refractivity contribution in [1.82, 2.24) is 0 Å². The summed E-state index contributed by atoms with van der Waals surface area (Å²) in [5.41, 5.74) is 2.21. The third kappa shape index (κ3) is 4.44. The van der Waals surface area contributed by atoms with Gasteiger partial charge in [-0.3, -0.25) is 0 Å². The van der Waals surface area contributed by atoms with E-state index in [1.165, 1.54) is 5.69 Å². The van der Waals surface area contributed by atoms with E-state index in [0.717, 1.165) is 18.8 Å². The summed E-state index contributed by atoms with van der Waals surface area (Å²) in [4.78, 5) is 2.28. The van der Waals surface area contributed by atoms with Crippen molar-refractivity contribution in [2.24, 2.45) is 0 Å². The molecule has 0 aliphatic carbocycles. The first-order valence-electron chi connectivity index (χ1n) is 6.04. The molecule has 0 amide bonds. The van der Waals surface area contributed by atoms with Crippen LogP contribution in [0, 0.1) is 0 Å². The van der Waals surface area contributed by atoms with Gasteiger partial charge in [0.05, 0.1) is 12.0 Å². The van der Waals surface area contributed by atoms with Gasteiger partial charge in [-0.25, -0.2) is 0 Å². The molecule has 0 saturated heterocycles. The molecule has 0 spiro atoms. The summed E-state index contributed by atoms with van der Waals surface area (Å²) in [6.45, 7) is 6.74. The Labute approximate surface area is 108 Å². The number of nitrogens with zero attached hydrogens (tertiary/aromatic N) is 1. The maximum absolute atomic E-state index is 9.39. The number of aliphatic hydroxyl groups is 1. The largest absolute Gasteiger partial charge is 0.390 e. The second kappa shape index (κ2) is 7.41. The lowest BCUT2D eigenvalue weighted by Crippen LogP contribution is -2.23. The Morgan fingerprint density at radius 1 is 1.35 bits per heavy atom. The minimum atomic E-state index is -0.506. The molecule has 4 heteroatoms. The first-order chi connectivity index (χ1) is 8.21. The number of hydrogen-bond acceptors (Lipinski definition) is 3. The van der Waals surface area contributed by atoms with E-state index in [4.69, 9.17) is 11.6 Å². The van der Waals surface area contributed by atoms with Gasteiger partial charge in [-0.1, -0.05) is 6.07 Å². The van der Waals surface area contributed by atoms with Gasteiger partial charge in [0.2, 0.25) is 0 Å². The molecule has 1 rings (SSSR count). The van der Waals surface area contributed by atoms with Crippen molar-refractivity contribution in [2.75, 3.05) is 35.7 Å². The molecule has 96 valence electrons. The predicted molar refractivity (Wildman–Crippen MR) is 75.2 cm³/mol. The number of nitrogens with one attached hydrogen (secondary N) is 1. The number of halogens is 1. The van der Waals surface area contributed by atoms with E-state index < -0.39 is 6.10 Å². The van der Waals surface area contributed by atoms with Crippen molar-refractivity contribution in [2.45, 2.75) is 20.0 Å². The average molecular weight is 257 g/mol. The van der Waals surface area contributed by atoms with Gasteiger partial charge in [0.15, 0.2) is 0 Å². The molecule has 0 saturated carbocycles. The summed E-state index contributed by atoms with van der Waals surface area (Å²) in [6, 6.07) is 8.20. The standard InChI is InChI=1S/C13H21ClN2O/c1-3-16(4-2)12-7-5-6-11(8-12)15-10-13(17)9-14/h5-8,13,15,17H,3-4,9-10H2,1-2H3. The highest BCUT2D eigenvalue weighted by atomic mass is 35.5. The van der Waals surface area contributed by atoms with E-state index in [0.29, 0.717) is 6.54 Å². The average Bonchev–Trinajstić information content (AvgIpc) is 2.38. The number of rotatable bonds is 7. The van der Waals surface area contributed by atoms with Gasteiger partial charge in [-0.05, 0) is 32.0 Å². The summed E-state index contributed by atoms with van der Waals surface area (Å²) in [6.07, 6.45) is -0.506. The zero-order valence-corrected chi connectivity index (χ0v) is 11.2. The van der Waals surface area contributed by atoms with Gasteiger partial charge in [0.1, 0.15) is 0 Å². The molecule has 2 N–H and O–H groups in total. The van der Waals surface area contributed by atoms with Gasteiger partial charge >= 0.3 is 0 Å². The van der Waals surface area contributed by atoms with Crippen LogP contribution in [0.1, 0.15) is 13.8 Å². The number of benzene rings is 1. The topological polar surface area (TPSA) is 35.5 Å². The van der Waals surface area contributed by atoms with Crippen molar-refractivity contribution in [1.29, 1.82) is 0 Å². The third-order valence-electron chi connectivity index (χ3n) is 2.69. The van der Waals surface area contributed by atoms with Crippen molar-refractivity contribution in [3.8, 4) is 0 Å². The molecular weight excluding hydrogens is 236 g/mol. The molecule has 0 fully saturated rings. The van der Waals surface area contributed by atoms with Crippen LogP contribution in [0.4, 0.5) is 11.4 Å². The third-order valence-corrected chi connectivity index (χ3v) is 3.05. The Morgan fingerprint density at radius 3 is 2.65 bits per heavy atom. The van der Waals surface area contributed by atoms with E-state index in [1.54, 1.807) is 0 Å². The van der Waals surface area contributed by atoms with Crippen LogP contribution in [-0.4, -0.2) is 36.7 Å². The normalized spacial score (nSPS) is 12.2. The van der Waals surface area contributed by atoms with Crippen LogP contribution in [0.2, 0.25) is 0 Å². The molecule has 17 heavy (non-hydrogen) atoms. The Balaban J connectivity index is 2.65. The second-order valence-corrected chi connectivity index (χ2v) is 4.22. The maximum atomic E-state index is 9.39. The predicted octanol–water partition coefficient (Wildman–Crippen LogP) is 2.54. The molecular formula is C13H21ClN2O. The van der Waals surface area contributed by atoms with E-state index in [-0.39, 0.29) is 5.88 Å². The summed E-state index contributed by atoms with van der Waals surface area (Å²) in [5.74, 6) is 0.253. The summed E-state index contributed by atoms with van der Waals surface area (Å²) in [7, 11) is 0. The molecule has 1 atom stereocenters. The number of hydrogen-bond donors (Lipinski definition) is 2. The SMILES string of the molecule is CCN(CC)c1cccc(NCC(O)CCl)c1. The van der Waals surface area contributed by atoms with Gasteiger partial charge < -0.3 is 15.3 Å². The zero-order valence-electron chi connectivity index (χ0n) is 10.5. The number of aliphatic hydroxyl groups excluding tert-OH is 1. The number of anilines is 2. The highest BCUT2D eigenvalue weighted by molar-refractivity contribution is 6.18. The molecule has 0 radical (unpaired) electrons. The maximum Gasteiger partial charge on any atom is 0.0847 e. The van der Waals surface area contributed by atoms with E-state index in [9.17, 15) is 5.11 Å². The molecule has 1 aromatic rings. The lowest BCUT2D eigenvalue weighted by molar-refractivity contribution is 0.211. The van der Waals surface area contributed by atoms with Crippen LogP contribution in [-0.2, 0) is 0 Å². The molecule has 0 aliphatic rings. The van der Waals surface area contributed by atoms with Gasteiger partial charge in [-0.15, -0.1) is 11.6 Å². The molecule has 0 heterocycles. The van der Waals surface area contributed by atoms with Crippen LogP contribution in [0.3, 0.4) is 0 Å². The molecule has 0 aliphatic heterocycles. The molecule has 1 aromatic carbocycles.